The summed E-state index contributed by atoms with van der Waals surface area (Å²) >= 11 is 0. The van der Waals surface area contributed by atoms with E-state index in [1.54, 1.807) is 7.11 Å². The fourth-order valence-corrected chi connectivity index (χ4v) is 3.73. The van der Waals surface area contributed by atoms with Gasteiger partial charge in [-0.25, -0.2) is 0 Å². The molecule has 126 valence electrons. The Labute approximate surface area is 138 Å². The van der Waals surface area contributed by atoms with Crippen LogP contribution in [0.15, 0.2) is 24.3 Å². The number of likely N-dealkylation sites (N-methyl/N-ethyl adjacent to an activating group) is 1. The number of carbonyl (C=O) groups excluding carboxylic acids is 1. The van der Waals surface area contributed by atoms with Crippen LogP contribution in [0.2, 0.25) is 0 Å². The molecule has 5 nitrogen and oxygen atoms in total. The molecule has 23 heavy (non-hydrogen) atoms. The predicted octanol–water partition coefficient (Wildman–Crippen LogP) is 1.91. The van der Waals surface area contributed by atoms with E-state index in [2.05, 4.69) is 30.1 Å². The van der Waals surface area contributed by atoms with Crippen molar-refractivity contribution in [2.24, 2.45) is 0 Å². The lowest BCUT2D eigenvalue weighted by molar-refractivity contribution is -0.135. The van der Waals surface area contributed by atoms with Crippen molar-refractivity contribution in [3.05, 3.63) is 29.8 Å². The normalized spacial score (nSPS) is 25.4. The van der Waals surface area contributed by atoms with E-state index in [4.69, 9.17) is 9.47 Å². The summed E-state index contributed by atoms with van der Waals surface area (Å²) in [6, 6.07) is 8.29. The van der Waals surface area contributed by atoms with Gasteiger partial charge in [-0.2, -0.15) is 0 Å². The maximum Gasteiger partial charge on any atom is 0.248 e. The molecule has 0 saturated carbocycles. The predicted molar refractivity (Wildman–Crippen MR) is 88.4 cm³/mol. The van der Waals surface area contributed by atoms with Crippen molar-refractivity contribution in [3.63, 3.8) is 0 Å². The molecule has 3 rings (SSSR count). The Morgan fingerprint density at radius 3 is 2.96 bits per heavy atom. The molecule has 1 atom stereocenters. The monoisotopic (exact) mass is 318 g/mol. The summed E-state index contributed by atoms with van der Waals surface area (Å²) in [6.45, 7) is 3.49. The maximum atomic E-state index is 12.1. The molecule has 0 bridgehead atoms. The first-order chi connectivity index (χ1) is 11.1. The van der Waals surface area contributed by atoms with Crippen molar-refractivity contribution in [2.45, 2.75) is 31.4 Å². The van der Waals surface area contributed by atoms with Gasteiger partial charge in [0.25, 0.3) is 0 Å². The Hall–Kier alpha value is -1.59. The second-order valence-corrected chi connectivity index (χ2v) is 6.73. The van der Waals surface area contributed by atoms with Gasteiger partial charge in [-0.3, -0.25) is 9.69 Å². The number of benzene rings is 1. The van der Waals surface area contributed by atoms with Gasteiger partial charge >= 0.3 is 0 Å². The smallest absolute Gasteiger partial charge is 0.248 e. The number of ether oxygens (including phenoxy) is 2. The molecule has 1 saturated heterocycles. The number of amides is 1. The van der Waals surface area contributed by atoms with Crippen LogP contribution in [0.3, 0.4) is 0 Å². The average Bonchev–Trinajstić information content (AvgIpc) is 2.80. The fourth-order valence-electron chi connectivity index (χ4n) is 3.73. The van der Waals surface area contributed by atoms with Gasteiger partial charge in [0.1, 0.15) is 18.0 Å². The summed E-state index contributed by atoms with van der Waals surface area (Å²) in [5.41, 5.74) is 1.03. The van der Waals surface area contributed by atoms with Crippen molar-refractivity contribution in [1.82, 2.24) is 9.80 Å². The number of fused-ring (bicyclic) bond motifs is 1. The van der Waals surface area contributed by atoms with Crippen LogP contribution in [-0.2, 0) is 16.1 Å². The lowest BCUT2D eigenvalue weighted by atomic mass is 9.94. The van der Waals surface area contributed by atoms with Crippen LogP contribution in [0.1, 0.15) is 24.8 Å². The van der Waals surface area contributed by atoms with E-state index >= 15 is 0 Å². The minimum Gasteiger partial charge on any atom is -0.486 e. The molecule has 1 unspecified atom stereocenters. The molecule has 0 aliphatic carbocycles. The summed E-state index contributed by atoms with van der Waals surface area (Å²) in [6.07, 6.45) is 2.80. The van der Waals surface area contributed by atoms with Crippen molar-refractivity contribution in [2.75, 3.05) is 40.4 Å². The molecule has 1 aromatic rings. The molecule has 1 fully saturated rings. The highest BCUT2D eigenvalue weighted by Gasteiger charge is 2.38. The van der Waals surface area contributed by atoms with Crippen molar-refractivity contribution in [1.29, 1.82) is 0 Å². The Kier molecular flexibility index (Phi) is 4.87. The topological polar surface area (TPSA) is 42.0 Å². The molecular weight excluding hydrogens is 292 g/mol. The number of hydrogen-bond donors (Lipinski definition) is 0. The molecule has 2 aliphatic rings. The second kappa shape index (κ2) is 6.89. The van der Waals surface area contributed by atoms with E-state index in [1.165, 1.54) is 5.56 Å². The van der Waals surface area contributed by atoms with Gasteiger partial charge in [0.15, 0.2) is 0 Å². The molecule has 0 radical (unpaired) electrons. The van der Waals surface area contributed by atoms with E-state index in [0.717, 1.165) is 51.2 Å². The minimum atomic E-state index is -0.205. The molecule has 2 aliphatic heterocycles. The highest BCUT2D eigenvalue weighted by atomic mass is 16.5. The molecule has 0 N–H and O–H groups in total. The molecule has 2 heterocycles. The summed E-state index contributed by atoms with van der Waals surface area (Å²) in [5, 5.41) is 0. The second-order valence-electron chi connectivity index (χ2n) is 6.73. The van der Waals surface area contributed by atoms with Gasteiger partial charge in [0, 0.05) is 45.3 Å². The first-order valence-corrected chi connectivity index (χ1v) is 8.34. The zero-order chi connectivity index (χ0) is 16.3. The summed E-state index contributed by atoms with van der Waals surface area (Å²) in [4.78, 5) is 16.3. The van der Waals surface area contributed by atoms with Crippen LogP contribution in [0, 0.1) is 0 Å². The first-order valence-electron chi connectivity index (χ1n) is 8.34. The first kappa shape index (κ1) is 16.3. The van der Waals surface area contributed by atoms with Gasteiger partial charge < -0.3 is 14.4 Å². The van der Waals surface area contributed by atoms with Crippen molar-refractivity contribution in [3.8, 4) is 5.75 Å². The largest absolute Gasteiger partial charge is 0.486 e. The SMILES string of the molecule is COCC(=O)N1CCCC2(CC1)CN(C)Cc1ccccc1O2. The third kappa shape index (κ3) is 3.67. The third-order valence-electron chi connectivity index (χ3n) is 4.82. The van der Waals surface area contributed by atoms with E-state index in [-0.39, 0.29) is 18.1 Å². The van der Waals surface area contributed by atoms with E-state index < -0.39 is 0 Å². The quantitative estimate of drug-likeness (QED) is 0.835. The van der Waals surface area contributed by atoms with Crippen LogP contribution in [-0.4, -0.2) is 61.7 Å². The van der Waals surface area contributed by atoms with Gasteiger partial charge in [0.2, 0.25) is 5.91 Å². The Balaban J connectivity index is 1.77. The van der Waals surface area contributed by atoms with Gasteiger partial charge in [-0.05, 0) is 26.0 Å². The molecular formula is C18H26N2O3. The maximum absolute atomic E-state index is 12.1. The average molecular weight is 318 g/mol. The summed E-state index contributed by atoms with van der Waals surface area (Å²) < 4.78 is 11.5. The van der Waals surface area contributed by atoms with Crippen LogP contribution in [0.25, 0.3) is 0 Å². The lowest BCUT2D eigenvalue weighted by Crippen LogP contribution is -2.45. The van der Waals surface area contributed by atoms with Crippen LogP contribution < -0.4 is 4.74 Å². The number of hydrogen-bond acceptors (Lipinski definition) is 4. The van der Waals surface area contributed by atoms with E-state index in [1.807, 2.05) is 11.0 Å². The fraction of sp³-hybridized carbons (Fsp3) is 0.611. The van der Waals surface area contributed by atoms with Gasteiger partial charge in [-0.15, -0.1) is 0 Å². The number of likely N-dealkylation sites (tertiary alicyclic amines) is 1. The molecule has 5 heteroatoms. The zero-order valence-electron chi connectivity index (χ0n) is 14.1. The Morgan fingerprint density at radius 1 is 1.30 bits per heavy atom. The third-order valence-corrected chi connectivity index (χ3v) is 4.82. The number of rotatable bonds is 2. The molecule has 1 spiro atoms. The standard InChI is InChI=1S/C18H26N2O3/c1-19-12-15-6-3-4-7-16(15)23-18(14-19)8-5-10-20(11-9-18)17(21)13-22-2/h3-4,6-7H,5,8-14H2,1-2H3. The van der Waals surface area contributed by atoms with Gasteiger partial charge in [-0.1, -0.05) is 18.2 Å². The van der Waals surface area contributed by atoms with Crippen LogP contribution >= 0.6 is 0 Å². The Bertz CT molecular complexity index is 563. The minimum absolute atomic E-state index is 0.0759. The highest BCUT2D eigenvalue weighted by molar-refractivity contribution is 5.77. The van der Waals surface area contributed by atoms with Crippen molar-refractivity contribution < 1.29 is 14.3 Å². The lowest BCUT2D eigenvalue weighted by Gasteiger charge is -2.34. The zero-order valence-corrected chi connectivity index (χ0v) is 14.1. The van der Waals surface area contributed by atoms with E-state index in [0.29, 0.717) is 0 Å². The number of para-hydroxylation sites is 1. The number of carbonyl (C=O) groups is 1. The summed E-state index contributed by atoms with van der Waals surface area (Å²) in [7, 11) is 3.71. The highest BCUT2D eigenvalue weighted by Crippen LogP contribution is 2.35. The molecule has 0 aromatic heterocycles. The van der Waals surface area contributed by atoms with Crippen molar-refractivity contribution >= 4 is 5.91 Å². The number of methoxy groups -OCH3 is 1. The Morgan fingerprint density at radius 2 is 2.13 bits per heavy atom. The van der Waals surface area contributed by atoms with Crippen LogP contribution in [0.5, 0.6) is 5.75 Å². The molecule has 1 aromatic carbocycles. The van der Waals surface area contributed by atoms with Gasteiger partial charge in [0.05, 0.1) is 0 Å². The number of nitrogens with zero attached hydrogens (tertiary/aromatic N) is 2. The van der Waals surface area contributed by atoms with E-state index in [9.17, 15) is 4.79 Å². The van der Waals surface area contributed by atoms with Crippen LogP contribution in [0.4, 0.5) is 0 Å². The summed E-state index contributed by atoms with van der Waals surface area (Å²) in [5.74, 6) is 1.07. The molecule has 1 amide bonds.